The van der Waals surface area contributed by atoms with Gasteiger partial charge < -0.3 is 4.74 Å². The maximum Gasteiger partial charge on any atom is 0.241 e. The van der Waals surface area contributed by atoms with Gasteiger partial charge in [-0.05, 0) is 54.1 Å². The van der Waals surface area contributed by atoms with Crippen molar-refractivity contribution in [3.63, 3.8) is 0 Å². The number of ether oxygens (including phenoxy) is 1. The molecule has 3 aromatic carbocycles. The summed E-state index contributed by atoms with van der Waals surface area (Å²) >= 11 is 18.5. The first kappa shape index (κ1) is 24.8. The van der Waals surface area contributed by atoms with E-state index in [1.165, 1.54) is 19.2 Å². The summed E-state index contributed by atoms with van der Waals surface area (Å²) in [5.41, 5.74) is 2.12. The second kappa shape index (κ2) is 10.1. The fraction of sp³-hybridized carbons (Fsp3) is 0.174. The van der Waals surface area contributed by atoms with E-state index >= 15 is 0 Å². The van der Waals surface area contributed by atoms with Crippen molar-refractivity contribution in [2.45, 2.75) is 17.4 Å². The molecule has 0 fully saturated rings. The molecule has 4 rings (SSSR count). The molecule has 0 radical (unpaired) electrons. The van der Waals surface area contributed by atoms with E-state index in [1.807, 2.05) is 12.1 Å². The molecule has 178 valence electrons. The van der Waals surface area contributed by atoms with E-state index in [0.717, 1.165) is 11.6 Å². The van der Waals surface area contributed by atoms with Gasteiger partial charge in [0.15, 0.2) is 11.6 Å². The zero-order chi connectivity index (χ0) is 24.5. The summed E-state index contributed by atoms with van der Waals surface area (Å²) in [5.74, 6) is -0.810. The minimum absolute atomic E-state index is 0.0413. The molecule has 0 saturated carbocycles. The standard InChI is InChI=1S/C23H19Cl3FN3O3S/c1-33-23-9-7-18(12-20(23)27)34(31,32)28-13-17-11-22(14-2-4-15(24)5-3-14)30(29-17)21-8-6-16(25)10-19(21)26/h2-10,12,22,28H,11,13H2,1H3. The van der Waals surface area contributed by atoms with E-state index in [2.05, 4.69) is 9.82 Å². The third kappa shape index (κ3) is 5.31. The van der Waals surface area contributed by atoms with Crippen LogP contribution in [-0.2, 0) is 10.0 Å². The molecule has 1 N–H and O–H groups in total. The molecule has 0 saturated heterocycles. The van der Waals surface area contributed by atoms with Crippen molar-refractivity contribution in [3.05, 3.63) is 87.1 Å². The van der Waals surface area contributed by atoms with Gasteiger partial charge in [-0.1, -0.05) is 46.9 Å². The Bertz CT molecular complexity index is 1350. The molecule has 1 unspecified atom stereocenters. The van der Waals surface area contributed by atoms with Crippen molar-refractivity contribution < 1.29 is 17.5 Å². The summed E-state index contributed by atoms with van der Waals surface area (Å²) in [6.07, 6.45) is 0.431. The molecular formula is C23H19Cl3FN3O3S. The van der Waals surface area contributed by atoms with Gasteiger partial charge in [0, 0.05) is 16.5 Å². The van der Waals surface area contributed by atoms with E-state index in [9.17, 15) is 12.8 Å². The van der Waals surface area contributed by atoms with E-state index in [0.29, 0.717) is 32.9 Å². The van der Waals surface area contributed by atoms with Crippen LogP contribution in [0.4, 0.5) is 10.1 Å². The van der Waals surface area contributed by atoms with Gasteiger partial charge in [-0.3, -0.25) is 5.01 Å². The van der Waals surface area contributed by atoms with Crippen molar-refractivity contribution in [1.29, 1.82) is 0 Å². The Balaban J connectivity index is 1.60. The molecule has 3 aromatic rings. The van der Waals surface area contributed by atoms with Crippen LogP contribution in [-0.4, -0.2) is 27.8 Å². The van der Waals surface area contributed by atoms with Crippen LogP contribution in [0.5, 0.6) is 5.75 Å². The zero-order valence-electron chi connectivity index (χ0n) is 17.8. The van der Waals surface area contributed by atoms with Crippen molar-refractivity contribution in [3.8, 4) is 5.75 Å². The number of nitrogens with one attached hydrogen (secondary N) is 1. The first-order chi connectivity index (χ1) is 16.2. The number of rotatable bonds is 7. The number of nitrogens with zero attached hydrogens (tertiary/aromatic N) is 2. The van der Waals surface area contributed by atoms with Gasteiger partial charge in [0.25, 0.3) is 0 Å². The molecule has 34 heavy (non-hydrogen) atoms. The van der Waals surface area contributed by atoms with E-state index < -0.39 is 15.8 Å². The third-order valence-corrected chi connectivity index (χ3v) is 7.47. The number of hydrogen-bond donors (Lipinski definition) is 1. The van der Waals surface area contributed by atoms with Crippen LogP contribution in [0.25, 0.3) is 0 Å². The van der Waals surface area contributed by atoms with Gasteiger partial charge in [-0.25, -0.2) is 17.5 Å². The Hall–Kier alpha value is -2.36. The molecule has 0 bridgehead atoms. The molecule has 11 heteroatoms. The lowest BCUT2D eigenvalue weighted by Crippen LogP contribution is -2.29. The summed E-state index contributed by atoms with van der Waals surface area (Å²) in [7, 11) is -2.68. The van der Waals surface area contributed by atoms with Gasteiger partial charge in [0.1, 0.15) is 0 Å². The molecule has 0 aliphatic carbocycles. The molecule has 1 aliphatic rings. The van der Waals surface area contributed by atoms with Crippen molar-refractivity contribution in [2.75, 3.05) is 18.7 Å². The monoisotopic (exact) mass is 541 g/mol. The first-order valence-electron chi connectivity index (χ1n) is 10.1. The molecule has 6 nitrogen and oxygen atoms in total. The Morgan fingerprint density at radius 2 is 1.76 bits per heavy atom. The minimum Gasteiger partial charge on any atom is -0.494 e. The predicted octanol–water partition coefficient (Wildman–Crippen LogP) is 6.08. The average Bonchev–Trinajstić information content (AvgIpc) is 3.22. The van der Waals surface area contributed by atoms with Crippen LogP contribution in [0.1, 0.15) is 18.0 Å². The molecule has 1 heterocycles. The predicted molar refractivity (Wildman–Crippen MR) is 133 cm³/mol. The van der Waals surface area contributed by atoms with Crippen LogP contribution in [0.3, 0.4) is 0 Å². The SMILES string of the molecule is COc1ccc(S(=O)(=O)NCC2=NN(c3ccc(Cl)cc3Cl)C(c3ccc(Cl)cc3)C2)cc1F. The number of hydrazone groups is 1. The van der Waals surface area contributed by atoms with Crippen molar-refractivity contribution in [1.82, 2.24) is 4.72 Å². The minimum atomic E-state index is -3.98. The number of sulfonamides is 1. The molecular weight excluding hydrogens is 524 g/mol. The molecule has 0 amide bonds. The fourth-order valence-corrected chi connectivity index (χ4v) is 5.24. The highest BCUT2D eigenvalue weighted by atomic mass is 35.5. The summed E-state index contributed by atoms with van der Waals surface area (Å²) in [6, 6.07) is 15.6. The topological polar surface area (TPSA) is 71.0 Å². The summed E-state index contributed by atoms with van der Waals surface area (Å²) in [5, 5.41) is 7.86. The quantitative estimate of drug-likeness (QED) is 0.393. The van der Waals surface area contributed by atoms with E-state index in [4.69, 9.17) is 39.5 Å². The largest absolute Gasteiger partial charge is 0.494 e. The molecule has 1 atom stereocenters. The zero-order valence-corrected chi connectivity index (χ0v) is 20.9. The summed E-state index contributed by atoms with van der Waals surface area (Å²) < 4.78 is 46.8. The fourth-order valence-electron chi connectivity index (χ4n) is 3.59. The third-order valence-electron chi connectivity index (χ3n) is 5.28. The van der Waals surface area contributed by atoms with Crippen LogP contribution in [0.2, 0.25) is 15.1 Å². The highest BCUT2D eigenvalue weighted by molar-refractivity contribution is 7.89. The van der Waals surface area contributed by atoms with Gasteiger partial charge in [0.2, 0.25) is 10.0 Å². The number of hydrogen-bond acceptors (Lipinski definition) is 5. The highest BCUT2D eigenvalue weighted by Gasteiger charge is 2.31. The van der Waals surface area contributed by atoms with Crippen LogP contribution in [0, 0.1) is 5.82 Å². The Morgan fingerprint density at radius 1 is 1.06 bits per heavy atom. The lowest BCUT2D eigenvalue weighted by atomic mass is 10.0. The Kier molecular flexibility index (Phi) is 7.35. The lowest BCUT2D eigenvalue weighted by molar-refractivity contribution is 0.385. The maximum absolute atomic E-state index is 14.0. The molecule has 1 aliphatic heterocycles. The number of anilines is 1. The normalized spacial score (nSPS) is 16.0. The number of methoxy groups -OCH3 is 1. The highest BCUT2D eigenvalue weighted by Crippen LogP contribution is 2.39. The van der Waals surface area contributed by atoms with Crippen LogP contribution < -0.4 is 14.5 Å². The summed E-state index contributed by atoms with van der Waals surface area (Å²) in [4.78, 5) is -0.212. The van der Waals surface area contributed by atoms with Gasteiger partial charge in [-0.2, -0.15) is 5.10 Å². The smallest absolute Gasteiger partial charge is 0.241 e. The molecule has 0 aromatic heterocycles. The summed E-state index contributed by atoms with van der Waals surface area (Å²) in [6.45, 7) is -0.0677. The van der Waals surface area contributed by atoms with Crippen LogP contribution >= 0.6 is 34.8 Å². The second-order valence-corrected chi connectivity index (χ2v) is 10.5. The lowest BCUT2D eigenvalue weighted by Gasteiger charge is -2.25. The van der Waals surface area contributed by atoms with Gasteiger partial charge in [-0.15, -0.1) is 0 Å². The Morgan fingerprint density at radius 3 is 2.41 bits per heavy atom. The first-order valence-corrected chi connectivity index (χ1v) is 12.7. The number of benzene rings is 3. The van der Waals surface area contributed by atoms with Crippen molar-refractivity contribution in [2.24, 2.45) is 5.10 Å². The van der Waals surface area contributed by atoms with E-state index in [-0.39, 0.29) is 23.2 Å². The van der Waals surface area contributed by atoms with Crippen molar-refractivity contribution >= 4 is 56.2 Å². The van der Waals surface area contributed by atoms with Crippen LogP contribution in [0.15, 0.2) is 70.7 Å². The molecule has 0 spiro atoms. The number of halogens is 4. The maximum atomic E-state index is 14.0. The van der Waals surface area contributed by atoms with Gasteiger partial charge >= 0.3 is 0 Å². The average molecular weight is 543 g/mol. The van der Waals surface area contributed by atoms with Gasteiger partial charge in [0.05, 0.1) is 41.0 Å². The van der Waals surface area contributed by atoms with E-state index in [1.54, 1.807) is 35.3 Å². The Labute approximate surface area is 211 Å². The second-order valence-electron chi connectivity index (χ2n) is 7.50.